The number of Topliss-reactive ketones (excluding diaryl/α,β-unsaturated/α-hetero) is 1. The van der Waals surface area contributed by atoms with Crippen LogP contribution < -0.4 is 16.4 Å². The zero-order valence-corrected chi connectivity index (χ0v) is 19.3. The highest BCUT2D eigenvalue weighted by atomic mass is 16.4. The van der Waals surface area contributed by atoms with Gasteiger partial charge >= 0.3 is 5.97 Å². The highest BCUT2D eigenvalue weighted by Gasteiger charge is 2.54. The van der Waals surface area contributed by atoms with E-state index in [-0.39, 0.29) is 12.8 Å². The molecule has 3 aromatic rings. The van der Waals surface area contributed by atoms with E-state index >= 15 is 0 Å². The molecule has 1 saturated heterocycles. The number of fused-ring (bicyclic) bond motifs is 1. The summed E-state index contributed by atoms with van der Waals surface area (Å²) in [7, 11) is 0. The van der Waals surface area contributed by atoms with Gasteiger partial charge in [0.1, 0.15) is 11.5 Å². The van der Waals surface area contributed by atoms with Crippen LogP contribution in [-0.2, 0) is 36.8 Å². The molecule has 1 fully saturated rings. The number of piperidine rings is 1. The van der Waals surface area contributed by atoms with Gasteiger partial charge in [0.05, 0.1) is 12.5 Å². The summed E-state index contributed by atoms with van der Waals surface area (Å²) in [6.07, 6.45) is 0.450. The zero-order chi connectivity index (χ0) is 25.9. The van der Waals surface area contributed by atoms with Crippen molar-refractivity contribution < 1.29 is 29.1 Å². The van der Waals surface area contributed by atoms with Crippen molar-refractivity contribution in [3.63, 3.8) is 0 Å². The average molecular weight is 491 g/mol. The molecule has 2 heterocycles. The van der Waals surface area contributed by atoms with Crippen LogP contribution in [0.15, 0.2) is 60.8 Å². The summed E-state index contributed by atoms with van der Waals surface area (Å²) in [6, 6.07) is 14.1. The predicted octanol–water partition coefficient (Wildman–Crippen LogP) is 0.842. The summed E-state index contributed by atoms with van der Waals surface area (Å²) in [5.74, 6) is -4.66. The molecule has 1 aliphatic heterocycles. The number of nitrogens with one attached hydrogen (secondary N) is 3. The van der Waals surface area contributed by atoms with Gasteiger partial charge in [0.25, 0.3) is 0 Å². The number of rotatable bonds is 9. The van der Waals surface area contributed by atoms with E-state index < -0.39 is 59.8 Å². The SMILES string of the molecule is NC(=O)[C@H](Cc1ccccc1)NC(=O)[C@]1(CC(=O)O)CC(=O)[C@H](Cc2c[nH]c3ccccc23)NC1=O. The predicted molar refractivity (Wildman–Crippen MR) is 130 cm³/mol. The van der Waals surface area contributed by atoms with Gasteiger partial charge in [-0.15, -0.1) is 0 Å². The Morgan fingerprint density at radius 3 is 2.47 bits per heavy atom. The third kappa shape index (κ3) is 4.97. The summed E-state index contributed by atoms with van der Waals surface area (Å²) in [6.45, 7) is 0. The van der Waals surface area contributed by atoms with E-state index in [1.807, 2.05) is 24.3 Å². The molecule has 186 valence electrons. The van der Waals surface area contributed by atoms with Crippen LogP contribution in [0.25, 0.3) is 10.9 Å². The van der Waals surface area contributed by atoms with E-state index in [0.29, 0.717) is 5.56 Å². The first kappa shape index (κ1) is 24.6. The number of H-pyrrole nitrogens is 1. The molecule has 0 radical (unpaired) electrons. The molecule has 6 N–H and O–H groups in total. The molecule has 0 aliphatic carbocycles. The standard InChI is InChI=1S/C26H26N4O6/c27-23(34)20(10-15-6-2-1-3-7-15)30-25(36)26(13-22(32)33)12-21(31)19(29-24(26)35)11-16-14-28-18-9-5-4-8-17(16)18/h1-9,14,19-20,28H,10-13H2,(H2,27,34)(H,29,35)(H,30,36)(H,32,33)/t19-,20-,26-/m0/s1. The molecule has 10 nitrogen and oxygen atoms in total. The lowest BCUT2D eigenvalue weighted by molar-refractivity contribution is -0.159. The molecular formula is C26H26N4O6. The van der Waals surface area contributed by atoms with Gasteiger partial charge < -0.3 is 26.5 Å². The van der Waals surface area contributed by atoms with E-state index in [1.54, 1.807) is 36.5 Å². The van der Waals surface area contributed by atoms with Crippen molar-refractivity contribution in [3.05, 3.63) is 71.9 Å². The Labute approximate surface area is 206 Å². The number of ketones is 1. The van der Waals surface area contributed by atoms with Crippen LogP contribution in [0.2, 0.25) is 0 Å². The molecule has 3 amide bonds. The Hall–Kier alpha value is -4.47. The minimum atomic E-state index is -2.20. The zero-order valence-electron chi connectivity index (χ0n) is 19.3. The van der Waals surface area contributed by atoms with Crippen molar-refractivity contribution in [3.8, 4) is 0 Å². The lowest BCUT2D eigenvalue weighted by atomic mass is 9.73. The minimum absolute atomic E-state index is 0.0455. The van der Waals surface area contributed by atoms with E-state index in [9.17, 15) is 29.1 Å². The lowest BCUT2D eigenvalue weighted by Crippen LogP contribution is -2.63. The molecule has 2 aromatic carbocycles. The van der Waals surface area contributed by atoms with Crippen LogP contribution in [0.3, 0.4) is 0 Å². The number of carboxylic acids is 1. The van der Waals surface area contributed by atoms with E-state index in [2.05, 4.69) is 15.6 Å². The molecule has 0 unspecified atom stereocenters. The number of amides is 3. The Bertz CT molecular complexity index is 1330. The first-order valence-corrected chi connectivity index (χ1v) is 11.4. The Kier molecular flexibility index (Phi) is 6.86. The van der Waals surface area contributed by atoms with E-state index in [1.165, 1.54) is 0 Å². The van der Waals surface area contributed by atoms with Crippen LogP contribution in [0, 0.1) is 5.41 Å². The number of hydrogen-bond donors (Lipinski definition) is 5. The summed E-state index contributed by atoms with van der Waals surface area (Å²) >= 11 is 0. The molecule has 36 heavy (non-hydrogen) atoms. The highest BCUT2D eigenvalue weighted by molar-refractivity contribution is 6.14. The second-order valence-electron chi connectivity index (χ2n) is 9.00. The van der Waals surface area contributed by atoms with Gasteiger partial charge in [-0.1, -0.05) is 48.5 Å². The number of carbonyl (C=O) groups is 5. The number of carboxylic acid groups (broad SMARTS) is 1. The highest BCUT2D eigenvalue weighted by Crippen LogP contribution is 2.33. The fraction of sp³-hybridized carbons (Fsp3) is 0.269. The van der Waals surface area contributed by atoms with Gasteiger partial charge in [-0.3, -0.25) is 24.0 Å². The molecule has 10 heteroatoms. The molecule has 1 aliphatic rings. The fourth-order valence-electron chi connectivity index (χ4n) is 4.60. The molecular weight excluding hydrogens is 464 g/mol. The molecule has 3 atom stereocenters. The molecule has 1 aromatic heterocycles. The number of aromatic nitrogens is 1. The van der Waals surface area contributed by atoms with Crippen molar-refractivity contribution in [1.29, 1.82) is 0 Å². The summed E-state index contributed by atoms with van der Waals surface area (Å²) in [5.41, 5.74) is 5.65. The van der Waals surface area contributed by atoms with Gasteiger partial charge in [0.2, 0.25) is 17.7 Å². The Morgan fingerprint density at radius 1 is 1.08 bits per heavy atom. The van der Waals surface area contributed by atoms with Crippen molar-refractivity contribution in [2.24, 2.45) is 11.1 Å². The normalized spacial score (nSPS) is 20.5. The number of carbonyl (C=O) groups excluding carboxylic acids is 4. The van der Waals surface area contributed by atoms with Gasteiger partial charge in [-0.05, 0) is 17.2 Å². The van der Waals surface area contributed by atoms with Crippen LogP contribution >= 0.6 is 0 Å². The van der Waals surface area contributed by atoms with Crippen molar-refractivity contribution in [1.82, 2.24) is 15.6 Å². The second kappa shape index (κ2) is 10.0. The first-order chi connectivity index (χ1) is 17.2. The van der Waals surface area contributed by atoms with Gasteiger partial charge in [0, 0.05) is 36.4 Å². The van der Waals surface area contributed by atoms with Crippen LogP contribution in [0.1, 0.15) is 24.0 Å². The third-order valence-corrected chi connectivity index (χ3v) is 6.52. The topological polar surface area (TPSA) is 171 Å². The maximum Gasteiger partial charge on any atom is 0.304 e. The van der Waals surface area contributed by atoms with Gasteiger partial charge in [-0.2, -0.15) is 0 Å². The number of hydrogen-bond acceptors (Lipinski definition) is 5. The van der Waals surface area contributed by atoms with E-state index in [4.69, 9.17) is 5.73 Å². The number of benzene rings is 2. The maximum atomic E-state index is 13.3. The van der Waals surface area contributed by atoms with Gasteiger partial charge in [-0.25, -0.2) is 0 Å². The number of aromatic amines is 1. The summed E-state index contributed by atoms with van der Waals surface area (Å²) < 4.78 is 0. The smallest absolute Gasteiger partial charge is 0.304 e. The van der Waals surface area contributed by atoms with Crippen molar-refractivity contribution >= 4 is 40.4 Å². The third-order valence-electron chi connectivity index (χ3n) is 6.52. The van der Waals surface area contributed by atoms with Crippen molar-refractivity contribution in [2.45, 2.75) is 37.8 Å². The average Bonchev–Trinajstić information content (AvgIpc) is 3.25. The number of aliphatic carboxylic acids is 1. The second-order valence-corrected chi connectivity index (χ2v) is 9.00. The molecule has 0 bridgehead atoms. The number of primary amides is 1. The number of nitrogens with two attached hydrogens (primary N) is 1. The van der Waals surface area contributed by atoms with Crippen LogP contribution in [-0.4, -0.2) is 51.6 Å². The number of para-hydroxylation sites is 1. The Balaban J connectivity index is 1.55. The molecule has 4 rings (SSSR count). The minimum Gasteiger partial charge on any atom is -0.481 e. The summed E-state index contributed by atoms with van der Waals surface area (Å²) in [4.78, 5) is 66.5. The fourth-order valence-corrected chi connectivity index (χ4v) is 4.60. The maximum absolute atomic E-state index is 13.3. The molecule has 0 saturated carbocycles. The first-order valence-electron chi connectivity index (χ1n) is 11.4. The monoisotopic (exact) mass is 490 g/mol. The van der Waals surface area contributed by atoms with E-state index in [0.717, 1.165) is 16.5 Å². The van der Waals surface area contributed by atoms with Crippen LogP contribution in [0.4, 0.5) is 0 Å². The largest absolute Gasteiger partial charge is 0.481 e. The van der Waals surface area contributed by atoms with Crippen LogP contribution in [0.5, 0.6) is 0 Å². The summed E-state index contributed by atoms with van der Waals surface area (Å²) in [5, 5.41) is 15.4. The molecule has 0 spiro atoms. The lowest BCUT2D eigenvalue weighted by Gasteiger charge is -2.37. The Morgan fingerprint density at radius 2 is 1.78 bits per heavy atom. The van der Waals surface area contributed by atoms with Gasteiger partial charge in [0.15, 0.2) is 5.78 Å². The quantitative estimate of drug-likeness (QED) is 0.278. The van der Waals surface area contributed by atoms with Crippen molar-refractivity contribution in [2.75, 3.05) is 0 Å².